The zero-order chi connectivity index (χ0) is 24.7. The fraction of sp³-hybridized carbons (Fsp3) is 0.231. The van der Waals surface area contributed by atoms with Gasteiger partial charge in [0, 0.05) is 22.6 Å². The molecule has 3 N–H and O–H groups in total. The van der Waals surface area contributed by atoms with E-state index >= 15 is 0 Å². The molecule has 0 aliphatic heterocycles. The van der Waals surface area contributed by atoms with Crippen molar-refractivity contribution < 1.29 is 18.3 Å². The van der Waals surface area contributed by atoms with Gasteiger partial charge in [-0.05, 0) is 75.2 Å². The Morgan fingerprint density at radius 2 is 1.47 bits per heavy atom. The molecule has 2 aromatic heterocycles. The number of benzene rings is 2. The lowest BCUT2D eigenvalue weighted by Crippen LogP contribution is -2.19. The van der Waals surface area contributed by atoms with Crippen LogP contribution in [0.5, 0.6) is 0 Å². The SMILES string of the molecule is Cc1cc(C)c(-c2ccc(Nc3nc(-c4ccc(C(F)(F)F)cc4)cc(C(C)(C)O)n3)cc2)[nH]1. The van der Waals surface area contributed by atoms with E-state index in [1.54, 1.807) is 19.9 Å². The molecule has 8 heteroatoms. The summed E-state index contributed by atoms with van der Waals surface area (Å²) in [5, 5.41) is 13.7. The Kier molecular flexibility index (Phi) is 5.95. The third-order valence-corrected chi connectivity index (χ3v) is 5.44. The van der Waals surface area contributed by atoms with E-state index < -0.39 is 17.3 Å². The average Bonchev–Trinajstić information content (AvgIpc) is 3.11. The summed E-state index contributed by atoms with van der Waals surface area (Å²) >= 11 is 0. The second-order valence-corrected chi connectivity index (χ2v) is 8.81. The quantitative estimate of drug-likeness (QED) is 0.304. The Bertz CT molecular complexity index is 1300. The number of rotatable bonds is 5. The number of hydrogen-bond donors (Lipinski definition) is 3. The molecule has 0 atom stereocenters. The molecule has 0 unspecified atom stereocenters. The number of halogens is 3. The Labute approximate surface area is 195 Å². The number of aromatic nitrogens is 3. The maximum absolute atomic E-state index is 12.9. The fourth-order valence-corrected chi connectivity index (χ4v) is 3.67. The predicted molar refractivity (Wildman–Crippen MR) is 127 cm³/mol. The minimum atomic E-state index is -4.42. The van der Waals surface area contributed by atoms with E-state index in [0.29, 0.717) is 17.0 Å². The highest BCUT2D eigenvalue weighted by atomic mass is 19.4. The van der Waals surface area contributed by atoms with Crippen LogP contribution in [-0.2, 0) is 11.8 Å². The zero-order valence-electron chi connectivity index (χ0n) is 19.2. The van der Waals surface area contributed by atoms with Crippen molar-refractivity contribution in [2.24, 2.45) is 0 Å². The Balaban J connectivity index is 1.66. The van der Waals surface area contributed by atoms with E-state index in [2.05, 4.69) is 26.3 Å². The first-order chi connectivity index (χ1) is 15.9. The average molecular weight is 467 g/mol. The normalized spacial score (nSPS) is 12.1. The summed E-state index contributed by atoms with van der Waals surface area (Å²) in [6, 6.07) is 16.1. The highest BCUT2D eigenvalue weighted by Gasteiger charge is 2.30. The Hall–Kier alpha value is -3.65. The van der Waals surface area contributed by atoms with Crippen molar-refractivity contribution >= 4 is 11.6 Å². The molecular weight excluding hydrogens is 441 g/mol. The van der Waals surface area contributed by atoms with E-state index in [0.717, 1.165) is 40.3 Å². The molecule has 2 aromatic carbocycles. The highest BCUT2D eigenvalue weighted by Crippen LogP contribution is 2.32. The maximum atomic E-state index is 12.9. The number of aryl methyl sites for hydroxylation is 2. The lowest BCUT2D eigenvalue weighted by atomic mass is 10.0. The highest BCUT2D eigenvalue weighted by molar-refractivity contribution is 5.68. The summed E-state index contributed by atoms with van der Waals surface area (Å²) in [5.74, 6) is 0.231. The van der Waals surface area contributed by atoms with Gasteiger partial charge in [0.2, 0.25) is 5.95 Å². The molecule has 0 spiro atoms. The summed E-state index contributed by atoms with van der Waals surface area (Å²) in [5.41, 5.74) is 4.27. The fourth-order valence-electron chi connectivity index (χ4n) is 3.67. The number of H-pyrrole nitrogens is 1. The Morgan fingerprint density at radius 1 is 0.853 bits per heavy atom. The van der Waals surface area contributed by atoms with Crippen LogP contribution in [0.1, 0.15) is 36.4 Å². The molecule has 0 saturated heterocycles. The minimum Gasteiger partial charge on any atom is -0.384 e. The van der Waals surface area contributed by atoms with Gasteiger partial charge in [0.05, 0.1) is 17.0 Å². The summed E-state index contributed by atoms with van der Waals surface area (Å²) in [6.45, 7) is 7.23. The van der Waals surface area contributed by atoms with Crippen LogP contribution in [0.15, 0.2) is 60.7 Å². The van der Waals surface area contributed by atoms with Gasteiger partial charge in [0.25, 0.3) is 0 Å². The van der Waals surface area contributed by atoms with Gasteiger partial charge >= 0.3 is 6.18 Å². The van der Waals surface area contributed by atoms with Gasteiger partial charge in [-0.25, -0.2) is 9.97 Å². The van der Waals surface area contributed by atoms with Crippen LogP contribution in [0.3, 0.4) is 0 Å². The van der Waals surface area contributed by atoms with Crippen molar-refractivity contribution in [3.63, 3.8) is 0 Å². The first kappa shape index (κ1) is 23.5. The molecule has 34 heavy (non-hydrogen) atoms. The molecule has 0 aliphatic carbocycles. The Morgan fingerprint density at radius 3 is 2.00 bits per heavy atom. The molecule has 5 nitrogen and oxygen atoms in total. The minimum absolute atomic E-state index is 0.231. The number of anilines is 2. The first-order valence-electron chi connectivity index (χ1n) is 10.7. The van der Waals surface area contributed by atoms with E-state index in [4.69, 9.17) is 0 Å². The zero-order valence-corrected chi connectivity index (χ0v) is 19.2. The van der Waals surface area contributed by atoms with Gasteiger partial charge in [-0.2, -0.15) is 13.2 Å². The standard InChI is InChI=1S/C26H25F3N4O/c1-15-13-16(2)30-23(15)18-7-11-20(12-8-18)31-24-32-21(14-22(33-24)25(3,4)34)17-5-9-19(10-6-17)26(27,28)29/h5-14,30,34H,1-4H3,(H,31,32,33). The number of nitrogens with one attached hydrogen (secondary N) is 2. The van der Waals surface area contributed by atoms with E-state index in [1.165, 1.54) is 12.1 Å². The van der Waals surface area contributed by atoms with Crippen LogP contribution in [0.4, 0.5) is 24.8 Å². The molecule has 0 radical (unpaired) electrons. The van der Waals surface area contributed by atoms with Crippen LogP contribution >= 0.6 is 0 Å². The third kappa shape index (κ3) is 5.12. The number of nitrogens with zero attached hydrogens (tertiary/aromatic N) is 2. The molecule has 0 bridgehead atoms. The van der Waals surface area contributed by atoms with Crippen LogP contribution in [0, 0.1) is 13.8 Å². The van der Waals surface area contributed by atoms with E-state index in [9.17, 15) is 18.3 Å². The first-order valence-corrected chi connectivity index (χ1v) is 10.7. The number of alkyl halides is 3. The second-order valence-electron chi connectivity index (χ2n) is 8.81. The molecule has 0 fully saturated rings. The molecular formula is C26H25F3N4O. The predicted octanol–water partition coefficient (Wildman–Crippen LogP) is 6.75. The molecule has 0 saturated carbocycles. The van der Waals surface area contributed by atoms with Gasteiger partial charge < -0.3 is 15.4 Å². The van der Waals surface area contributed by atoms with Crippen LogP contribution in [0.25, 0.3) is 22.5 Å². The molecule has 4 rings (SSSR count). The maximum Gasteiger partial charge on any atom is 0.416 e. The van der Waals surface area contributed by atoms with E-state index in [1.807, 2.05) is 38.1 Å². The molecule has 176 valence electrons. The number of aromatic amines is 1. The van der Waals surface area contributed by atoms with Crippen molar-refractivity contribution in [3.05, 3.63) is 83.2 Å². The molecule has 4 aromatic rings. The van der Waals surface area contributed by atoms with Gasteiger partial charge in [-0.1, -0.05) is 24.3 Å². The van der Waals surface area contributed by atoms with Crippen LogP contribution in [-0.4, -0.2) is 20.1 Å². The second kappa shape index (κ2) is 8.61. The lowest BCUT2D eigenvalue weighted by molar-refractivity contribution is -0.137. The molecule has 0 aliphatic rings. The molecule has 2 heterocycles. The molecule has 0 amide bonds. The van der Waals surface area contributed by atoms with Gasteiger partial charge in [-0.15, -0.1) is 0 Å². The van der Waals surface area contributed by atoms with Crippen LogP contribution in [0.2, 0.25) is 0 Å². The smallest absolute Gasteiger partial charge is 0.384 e. The summed E-state index contributed by atoms with van der Waals surface area (Å²) in [6.07, 6.45) is -4.42. The van der Waals surface area contributed by atoms with Gasteiger partial charge in [0.15, 0.2) is 0 Å². The van der Waals surface area contributed by atoms with Crippen molar-refractivity contribution in [3.8, 4) is 22.5 Å². The monoisotopic (exact) mass is 466 g/mol. The van der Waals surface area contributed by atoms with Crippen molar-refractivity contribution in [2.45, 2.75) is 39.5 Å². The summed E-state index contributed by atoms with van der Waals surface area (Å²) in [7, 11) is 0. The number of aliphatic hydroxyl groups is 1. The van der Waals surface area contributed by atoms with Crippen LogP contribution < -0.4 is 5.32 Å². The van der Waals surface area contributed by atoms with Crippen molar-refractivity contribution in [1.29, 1.82) is 0 Å². The van der Waals surface area contributed by atoms with Gasteiger partial charge in [0.1, 0.15) is 5.60 Å². The lowest BCUT2D eigenvalue weighted by Gasteiger charge is -2.19. The van der Waals surface area contributed by atoms with Crippen molar-refractivity contribution in [1.82, 2.24) is 15.0 Å². The third-order valence-electron chi connectivity index (χ3n) is 5.44. The number of hydrogen-bond acceptors (Lipinski definition) is 4. The summed E-state index contributed by atoms with van der Waals surface area (Å²) < 4.78 is 38.8. The largest absolute Gasteiger partial charge is 0.416 e. The summed E-state index contributed by atoms with van der Waals surface area (Å²) in [4.78, 5) is 12.3. The van der Waals surface area contributed by atoms with Gasteiger partial charge in [-0.3, -0.25) is 0 Å². The van der Waals surface area contributed by atoms with E-state index in [-0.39, 0.29) is 5.95 Å². The van der Waals surface area contributed by atoms with Crippen molar-refractivity contribution in [2.75, 3.05) is 5.32 Å². The topological polar surface area (TPSA) is 73.8 Å².